The van der Waals surface area contributed by atoms with Gasteiger partial charge in [-0.1, -0.05) is 12.1 Å². The molecule has 5 atom stereocenters. The van der Waals surface area contributed by atoms with Gasteiger partial charge in [-0.2, -0.15) is 0 Å². The molecule has 0 saturated carbocycles. The molecule has 2 aliphatic heterocycles. The number of benzene rings is 1. The fraction of sp³-hybridized carbons (Fsp3) is 0.500. The second-order valence-electron chi connectivity index (χ2n) is 7.38. The number of quaternary nitrogens is 1. The maximum Gasteiger partial charge on any atom is 0.196 e. The number of nitrogens with one attached hydrogen (secondary N) is 1. The molecule has 1 spiro atoms. The van der Waals surface area contributed by atoms with Crippen LogP contribution in [-0.4, -0.2) is 47.3 Å². The number of hydrogen-bond acceptors (Lipinski definition) is 4. The smallest absolute Gasteiger partial charge is 0.196 e. The van der Waals surface area contributed by atoms with Crippen LogP contribution >= 0.6 is 0 Å². The Morgan fingerprint density at radius 3 is 3.04 bits per heavy atom. The van der Waals surface area contributed by atoms with Crippen molar-refractivity contribution >= 4 is 5.78 Å². The summed E-state index contributed by atoms with van der Waals surface area (Å²) in [6, 6.07) is 3.94. The first-order valence-corrected chi connectivity index (χ1v) is 8.23. The van der Waals surface area contributed by atoms with Crippen LogP contribution in [0, 0.1) is 0 Å². The van der Waals surface area contributed by atoms with Crippen molar-refractivity contribution in [3.8, 4) is 5.75 Å². The minimum atomic E-state index is -1.07. The van der Waals surface area contributed by atoms with Crippen LogP contribution in [0.1, 0.15) is 23.1 Å². The second kappa shape index (κ2) is 4.04. The van der Waals surface area contributed by atoms with Gasteiger partial charge in [0.1, 0.15) is 17.4 Å². The van der Waals surface area contributed by atoms with E-state index in [9.17, 15) is 15.0 Å². The molecule has 2 aliphatic carbocycles. The van der Waals surface area contributed by atoms with Gasteiger partial charge in [-0.05, 0) is 17.7 Å². The van der Waals surface area contributed by atoms with Crippen molar-refractivity contribution in [2.75, 3.05) is 13.6 Å². The number of likely N-dealkylation sites (tertiary alicyclic amines) is 1. The average Bonchev–Trinajstić information content (AvgIpc) is 2.90. The van der Waals surface area contributed by atoms with Crippen molar-refractivity contribution in [3.05, 3.63) is 41.0 Å². The van der Waals surface area contributed by atoms with Gasteiger partial charge < -0.3 is 19.8 Å². The van der Waals surface area contributed by atoms with Crippen molar-refractivity contribution < 1.29 is 24.6 Å². The molecule has 0 radical (unpaired) electrons. The molecule has 5 rings (SSSR count). The number of ketones is 1. The molecule has 5 heteroatoms. The zero-order chi connectivity index (χ0) is 16.0. The molecule has 1 saturated heterocycles. The number of carbonyl (C=O) groups is 1. The highest BCUT2D eigenvalue weighted by molar-refractivity contribution is 5.98. The standard InChI is InChI=1S/C18H19NO4/c1-19-7-6-17-14-10-2-3-11(9-20)15(14)23-16(17)12(21)4-5-18(17,22)13(19)8-10/h2-5,13,16,20,22H,6-9H2,1H3/p+1/t13-,16+,17+,18-/m1/s1. The molecule has 2 bridgehead atoms. The Bertz CT molecular complexity index is 773. The maximum absolute atomic E-state index is 12.6. The van der Waals surface area contributed by atoms with Gasteiger partial charge in [0.15, 0.2) is 11.9 Å². The third-order valence-electron chi connectivity index (χ3n) is 6.56. The Morgan fingerprint density at radius 2 is 2.26 bits per heavy atom. The minimum Gasteiger partial charge on any atom is -0.480 e. The highest BCUT2D eigenvalue weighted by atomic mass is 16.5. The van der Waals surface area contributed by atoms with E-state index in [0.29, 0.717) is 17.7 Å². The minimum absolute atomic E-state index is 0.0186. The molecule has 120 valence electrons. The zero-order valence-corrected chi connectivity index (χ0v) is 13.0. The van der Waals surface area contributed by atoms with Gasteiger partial charge in [0.25, 0.3) is 0 Å². The lowest BCUT2D eigenvalue weighted by molar-refractivity contribution is -0.922. The van der Waals surface area contributed by atoms with Crippen molar-refractivity contribution in [2.24, 2.45) is 0 Å². The number of piperidine rings is 1. The first-order valence-electron chi connectivity index (χ1n) is 8.23. The summed E-state index contributed by atoms with van der Waals surface area (Å²) in [6.07, 6.45) is 4.00. The van der Waals surface area contributed by atoms with Crippen LogP contribution in [0.15, 0.2) is 24.3 Å². The van der Waals surface area contributed by atoms with Crippen LogP contribution in [0.2, 0.25) is 0 Å². The quantitative estimate of drug-likeness (QED) is 0.615. The van der Waals surface area contributed by atoms with E-state index >= 15 is 0 Å². The number of aliphatic hydroxyl groups is 2. The first kappa shape index (κ1) is 13.7. The molecule has 1 aromatic carbocycles. The lowest BCUT2D eigenvalue weighted by Crippen LogP contribution is -3.19. The van der Waals surface area contributed by atoms with Crippen LogP contribution < -0.4 is 9.64 Å². The van der Waals surface area contributed by atoms with Gasteiger partial charge in [-0.3, -0.25) is 4.79 Å². The summed E-state index contributed by atoms with van der Waals surface area (Å²) < 4.78 is 6.08. The van der Waals surface area contributed by atoms with Gasteiger partial charge in [0.2, 0.25) is 0 Å². The van der Waals surface area contributed by atoms with E-state index in [1.165, 1.54) is 11.0 Å². The fourth-order valence-electron chi connectivity index (χ4n) is 5.47. The molecule has 0 amide bonds. The summed E-state index contributed by atoms with van der Waals surface area (Å²) in [4.78, 5) is 13.8. The van der Waals surface area contributed by atoms with Crippen LogP contribution in [0.3, 0.4) is 0 Å². The Kier molecular flexibility index (Phi) is 2.41. The normalized spacial score (nSPS) is 42.4. The third-order valence-corrected chi connectivity index (χ3v) is 6.56. The van der Waals surface area contributed by atoms with Gasteiger partial charge in [0, 0.05) is 24.0 Å². The molecule has 1 aromatic rings. The van der Waals surface area contributed by atoms with E-state index in [1.807, 2.05) is 12.1 Å². The predicted molar refractivity (Wildman–Crippen MR) is 81.4 cm³/mol. The maximum atomic E-state index is 12.6. The van der Waals surface area contributed by atoms with Crippen LogP contribution in [0.25, 0.3) is 0 Å². The molecule has 2 heterocycles. The van der Waals surface area contributed by atoms with E-state index in [0.717, 1.165) is 24.1 Å². The molecule has 0 aromatic heterocycles. The van der Waals surface area contributed by atoms with Crippen molar-refractivity contribution in [1.29, 1.82) is 0 Å². The van der Waals surface area contributed by atoms with E-state index in [2.05, 4.69) is 7.05 Å². The van der Waals surface area contributed by atoms with E-state index in [-0.39, 0.29) is 18.4 Å². The van der Waals surface area contributed by atoms with Crippen LogP contribution in [-0.2, 0) is 23.2 Å². The molecule has 4 aliphatic rings. The molecular weight excluding hydrogens is 294 g/mol. The van der Waals surface area contributed by atoms with Gasteiger partial charge in [-0.15, -0.1) is 0 Å². The summed E-state index contributed by atoms with van der Waals surface area (Å²) in [5.41, 5.74) is 1.05. The van der Waals surface area contributed by atoms with E-state index in [1.54, 1.807) is 6.08 Å². The summed E-state index contributed by atoms with van der Waals surface area (Å²) in [7, 11) is 2.11. The highest BCUT2D eigenvalue weighted by Gasteiger charge is 2.73. The molecule has 23 heavy (non-hydrogen) atoms. The first-order chi connectivity index (χ1) is 11.0. The van der Waals surface area contributed by atoms with Crippen molar-refractivity contribution in [1.82, 2.24) is 0 Å². The van der Waals surface area contributed by atoms with Crippen molar-refractivity contribution in [2.45, 2.75) is 42.6 Å². The van der Waals surface area contributed by atoms with Crippen molar-refractivity contribution in [3.63, 3.8) is 0 Å². The number of ether oxygens (including phenoxy) is 1. The van der Waals surface area contributed by atoms with Gasteiger partial charge >= 0.3 is 0 Å². The van der Waals surface area contributed by atoms with Gasteiger partial charge in [0.05, 0.1) is 25.6 Å². The molecule has 1 unspecified atom stereocenters. The predicted octanol–water partition coefficient (Wildman–Crippen LogP) is -1.11. The Morgan fingerprint density at radius 1 is 1.43 bits per heavy atom. The second-order valence-corrected chi connectivity index (χ2v) is 7.38. The number of carbonyl (C=O) groups excluding carboxylic acids is 1. The summed E-state index contributed by atoms with van der Waals surface area (Å²) in [6.45, 7) is 0.774. The summed E-state index contributed by atoms with van der Waals surface area (Å²) >= 11 is 0. The molecule has 1 fully saturated rings. The number of likely N-dealkylation sites (N-methyl/N-ethyl adjacent to an activating group) is 1. The molecular formula is C18H20NO4+. The lowest BCUT2D eigenvalue weighted by Gasteiger charge is -2.57. The van der Waals surface area contributed by atoms with E-state index < -0.39 is 17.1 Å². The Labute approximate surface area is 134 Å². The molecule has 5 nitrogen and oxygen atoms in total. The zero-order valence-electron chi connectivity index (χ0n) is 13.0. The Hall–Kier alpha value is -1.69. The summed E-state index contributed by atoms with van der Waals surface area (Å²) in [5, 5.41) is 21.3. The molecule has 3 N–H and O–H groups in total. The SMILES string of the molecule is C[NH+]1CC[C@]23c4c5ccc(CO)c4O[C@H]2C(=O)C=C[C@@]3(O)[C@H]1C5. The van der Waals surface area contributed by atoms with Crippen LogP contribution in [0.5, 0.6) is 5.75 Å². The lowest BCUT2D eigenvalue weighted by atomic mass is 9.51. The number of rotatable bonds is 1. The van der Waals surface area contributed by atoms with Gasteiger partial charge in [-0.25, -0.2) is 0 Å². The largest absolute Gasteiger partial charge is 0.480 e. The summed E-state index contributed by atoms with van der Waals surface area (Å²) in [5.74, 6) is 0.546. The fourth-order valence-corrected chi connectivity index (χ4v) is 5.47. The number of hydrogen-bond donors (Lipinski definition) is 3. The van der Waals surface area contributed by atoms with E-state index in [4.69, 9.17) is 4.74 Å². The monoisotopic (exact) mass is 314 g/mol. The third kappa shape index (κ3) is 1.30. The Balaban J connectivity index is 1.89. The number of aliphatic hydroxyl groups excluding tert-OH is 1. The highest BCUT2D eigenvalue weighted by Crippen LogP contribution is 2.60. The topological polar surface area (TPSA) is 71.2 Å². The average molecular weight is 314 g/mol. The van der Waals surface area contributed by atoms with Crippen LogP contribution in [0.4, 0.5) is 0 Å².